The molecule has 5 heterocycles. The van der Waals surface area contributed by atoms with E-state index in [9.17, 15) is 4.79 Å². The highest BCUT2D eigenvalue weighted by molar-refractivity contribution is 5.87. The van der Waals surface area contributed by atoms with Crippen molar-refractivity contribution in [2.75, 3.05) is 35.7 Å². The van der Waals surface area contributed by atoms with Crippen LogP contribution in [0.1, 0.15) is 39.2 Å². The molecular formula is C31H36N10O3. The van der Waals surface area contributed by atoms with Crippen molar-refractivity contribution >= 4 is 46.0 Å². The van der Waals surface area contributed by atoms with Gasteiger partial charge in [-0.15, -0.1) is 0 Å². The van der Waals surface area contributed by atoms with E-state index in [4.69, 9.17) is 20.0 Å². The van der Waals surface area contributed by atoms with Crippen LogP contribution in [0, 0.1) is 12.5 Å². The van der Waals surface area contributed by atoms with Gasteiger partial charge in [0.1, 0.15) is 40.1 Å². The van der Waals surface area contributed by atoms with Gasteiger partial charge in [-0.05, 0) is 76.4 Å². The zero-order chi connectivity index (χ0) is 31.0. The van der Waals surface area contributed by atoms with Crippen molar-refractivity contribution in [3.8, 4) is 11.5 Å². The molecule has 44 heavy (non-hydrogen) atoms. The number of rotatable bonds is 7. The van der Waals surface area contributed by atoms with E-state index in [-0.39, 0.29) is 18.2 Å². The maximum atomic E-state index is 12.8. The molecule has 228 valence electrons. The number of hydrogen-bond donors (Lipinski definition) is 3. The predicted molar refractivity (Wildman–Crippen MR) is 168 cm³/mol. The summed E-state index contributed by atoms with van der Waals surface area (Å²) >= 11 is 0. The quantitative estimate of drug-likeness (QED) is 0.200. The maximum Gasteiger partial charge on any atom is 0.410 e. The van der Waals surface area contributed by atoms with E-state index < -0.39 is 5.60 Å². The number of anilines is 4. The van der Waals surface area contributed by atoms with Crippen molar-refractivity contribution in [2.45, 2.75) is 58.2 Å². The first-order chi connectivity index (χ1) is 21.1. The van der Waals surface area contributed by atoms with Crippen LogP contribution in [-0.4, -0.2) is 68.8 Å². The minimum atomic E-state index is -0.536. The van der Waals surface area contributed by atoms with Crippen molar-refractivity contribution < 1.29 is 14.3 Å². The molecule has 2 aromatic carbocycles. The summed E-state index contributed by atoms with van der Waals surface area (Å²) in [7, 11) is 1.78. The molecule has 7 rings (SSSR count). The Labute approximate surface area is 255 Å². The minimum Gasteiger partial charge on any atom is -0.457 e. The number of ether oxygens (including phenoxy) is 2. The van der Waals surface area contributed by atoms with Crippen LogP contribution >= 0.6 is 0 Å². The molecule has 13 nitrogen and oxygen atoms in total. The smallest absolute Gasteiger partial charge is 0.410 e. The summed E-state index contributed by atoms with van der Waals surface area (Å²) in [4.78, 5) is 35.3. The van der Waals surface area contributed by atoms with Gasteiger partial charge in [-0.25, -0.2) is 30.3 Å². The third-order valence-corrected chi connectivity index (χ3v) is 7.80. The molecule has 3 saturated heterocycles. The fourth-order valence-electron chi connectivity index (χ4n) is 5.68. The molecule has 13 heteroatoms. The highest BCUT2D eigenvalue weighted by atomic mass is 16.6. The van der Waals surface area contributed by atoms with Gasteiger partial charge in [-0.2, -0.15) is 5.11 Å². The van der Waals surface area contributed by atoms with Crippen LogP contribution in [0.2, 0.25) is 0 Å². The molecule has 2 atom stereocenters. The Morgan fingerprint density at radius 1 is 1.07 bits per heavy atom. The second-order valence-electron chi connectivity index (χ2n) is 12.0. The number of fused-ring (bicyclic) bond motifs is 4. The first-order valence-electron chi connectivity index (χ1n) is 14.6. The average Bonchev–Trinajstić information content (AvgIpc) is 3.01. The lowest BCUT2D eigenvalue weighted by Gasteiger charge is -2.51. The van der Waals surface area contributed by atoms with Crippen LogP contribution in [0.3, 0.4) is 0 Å². The molecular weight excluding hydrogens is 560 g/mol. The Kier molecular flexibility index (Phi) is 7.62. The molecule has 3 aliphatic rings. The van der Waals surface area contributed by atoms with Crippen molar-refractivity contribution in [3.05, 3.63) is 54.5 Å². The standard InChI is InChI=1S/C31H36N10O3/c1-18-12-19(6-11-26(18)43-22-9-10-23(33-5)24(13-22)39-32)37-28-27-25(35-17-36-28)14-34-29(38-27)40-15-21-8-7-20(40)16-41(21)30(42)44-31(2,3)4/h6,9-14,17,20-21,32-33H,7-8,15-16H2,1-5H3,(H,35,36,37). The second-order valence-corrected chi connectivity index (χ2v) is 12.0. The largest absolute Gasteiger partial charge is 0.457 e. The lowest BCUT2D eigenvalue weighted by atomic mass is 9.91. The van der Waals surface area contributed by atoms with Crippen molar-refractivity contribution in [2.24, 2.45) is 5.11 Å². The summed E-state index contributed by atoms with van der Waals surface area (Å²) in [6.45, 7) is 8.83. The summed E-state index contributed by atoms with van der Waals surface area (Å²) in [5, 5.41) is 9.97. The average molecular weight is 597 g/mol. The van der Waals surface area contributed by atoms with E-state index in [1.807, 2.05) is 62.9 Å². The third kappa shape index (κ3) is 5.90. The lowest BCUT2D eigenvalue weighted by Crippen LogP contribution is -2.64. The van der Waals surface area contributed by atoms with Crippen molar-refractivity contribution in [1.82, 2.24) is 24.8 Å². The number of hydrogen-bond acceptors (Lipinski definition) is 12. The zero-order valence-corrected chi connectivity index (χ0v) is 25.5. The fraction of sp³-hybridized carbons (Fsp3) is 0.387. The van der Waals surface area contributed by atoms with Gasteiger partial charge in [-0.1, -0.05) is 0 Å². The first-order valence-corrected chi connectivity index (χ1v) is 14.6. The molecule has 3 aliphatic heterocycles. The molecule has 3 fully saturated rings. The third-order valence-electron chi connectivity index (χ3n) is 7.80. The number of piperidine rings is 2. The van der Waals surface area contributed by atoms with E-state index in [0.717, 1.165) is 29.8 Å². The lowest BCUT2D eigenvalue weighted by molar-refractivity contribution is 0.000681. The Balaban J connectivity index is 1.20. The van der Waals surface area contributed by atoms with Gasteiger partial charge in [0, 0.05) is 37.9 Å². The SMILES string of the molecule is CNc1ccc(Oc2ccc(Nc3ncnc4cnc(N5CC6CCC5CN6C(=O)OC(C)(C)C)nc34)cc2C)cc1N=N. The number of nitrogens with one attached hydrogen (secondary N) is 3. The number of carbonyl (C=O) groups excluding carboxylic acids is 1. The molecule has 2 unspecified atom stereocenters. The highest BCUT2D eigenvalue weighted by Gasteiger charge is 2.43. The van der Waals surface area contributed by atoms with Crippen molar-refractivity contribution in [3.63, 3.8) is 0 Å². The molecule has 2 aromatic heterocycles. The van der Waals surface area contributed by atoms with Gasteiger partial charge in [0.2, 0.25) is 5.95 Å². The van der Waals surface area contributed by atoms with Gasteiger partial charge >= 0.3 is 6.09 Å². The summed E-state index contributed by atoms with van der Waals surface area (Å²) < 4.78 is 11.8. The zero-order valence-electron chi connectivity index (χ0n) is 25.5. The molecule has 0 saturated carbocycles. The van der Waals surface area contributed by atoms with E-state index >= 15 is 0 Å². The maximum absolute atomic E-state index is 12.8. The number of amides is 1. The van der Waals surface area contributed by atoms with Crippen LogP contribution < -0.4 is 20.3 Å². The minimum absolute atomic E-state index is 0.0386. The normalized spacial score (nSPS) is 17.8. The predicted octanol–water partition coefficient (Wildman–Crippen LogP) is 6.56. The topological polar surface area (TPSA) is 154 Å². The van der Waals surface area contributed by atoms with E-state index in [0.29, 0.717) is 53.1 Å². The number of nitrogens with zero attached hydrogens (tertiary/aromatic N) is 7. The van der Waals surface area contributed by atoms with Crippen LogP contribution in [0.15, 0.2) is 54.0 Å². The van der Waals surface area contributed by atoms with E-state index in [1.165, 1.54) is 6.33 Å². The summed E-state index contributed by atoms with van der Waals surface area (Å²) in [6, 6.07) is 11.3. The Morgan fingerprint density at radius 3 is 2.59 bits per heavy atom. The Morgan fingerprint density at radius 2 is 1.89 bits per heavy atom. The second kappa shape index (κ2) is 11.5. The molecule has 3 N–H and O–H groups in total. The molecule has 4 aromatic rings. The summed E-state index contributed by atoms with van der Waals surface area (Å²) in [5.41, 5.74) is 11.1. The van der Waals surface area contributed by atoms with Crippen molar-refractivity contribution in [1.29, 1.82) is 5.53 Å². The molecule has 2 bridgehead atoms. The van der Waals surface area contributed by atoms with Crippen LogP contribution in [-0.2, 0) is 4.74 Å². The Bertz CT molecular complexity index is 1720. The summed E-state index contributed by atoms with van der Waals surface area (Å²) in [5.74, 6) is 2.43. The van der Waals surface area contributed by atoms with Gasteiger partial charge in [0.15, 0.2) is 5.82 Å². The molecule has 0 aliphatic carbocycles. The Hall–Kier alpha value is -5.07. The highest BCUT2D eigenvalue weighted by Crippen LogP contribution is 2.35. The number of piperazine rings is 1. The number of carbonyl (C=O) groups is 1. The van der Waals surface area contributed by atoms with Crippen LogP contribution in [0.4, 0.5) is 33.6 Å². The monoisotopic (exact) mass is 596 g/mol. The van der Waals surface area contributed by atoms with Gasteiger partial charge in [0.25, 0.3) is 0 Å². The van der Waals surface area contributed by atoms with E-state index in [1.54, 1.807) is 19.3 Å². The first kappa shape index (κ1) is 29.0. The van der Waals surface area contributed by atoms with Gasteiger partial charge in [0.05, 0.1) is 17.9 Å². The van der Waals surface area contributed by atoms with Crippen LogP contribution in [0.25, 0.3) is 11.0 Å². The van der Waals surface area contributed by atoms with Crippen LogP contribution in [0.5, 0.6) is 11.5 Å². The number of aryl methyl sites for hydroxylation is 1. The van der Waals surface area contributed by atoms with E-state index in [2.05, 4.69) is 35.6 Å². The molecule has 0 spiro atoms. The number of benzene rings is 2. The molecule has 0 radical (unpaired) electrons. The molecule has 1 amide bonds. The van der Waals surface area contributed by atoms with Gasteiger partial charge < -0.3 is 29.9 Å². The van der Waals surface area contributed by atoms with Gasteiger partial charge in [-0.3, -0.25) is 0 Å². The number of aromatic nitrogens is 4. The summed E-state index contributed by atoms with van der Waals surface area (Å²) in [6.07, 6.45) is 4.82. The fourth-order valence-corrected chi connectivity index (χ4v) is 5.68.